The monoisotopic (exact) mass is 84.0 g/mol. The van der Waals surface area contributed by atoms with Crippen molar-refractivity contribution >= 4 is 19.6 Å². The standard InChI is InChI=1S/C3H5BS/c1-3(4)5-2/h1H2,2H3. The van der Waals surface area contributed by atoms with E-state index in [9.17, 15) is 0 Å². The molecule has 0 saturated carbocycles. The maximum Gasteiger partial charge on any atom is 0.122 e. The number of hydrogen-bond acceptors (Lipinski definition) is 1. The number of thioether (sulfide) groups is 1. The Morgan fingerprint density at radius 3 is 2.20 bits per heavy atom. The molecule has 26 valence electrons. The highest BCUT2D eigenvalue weighted by atomic mass is 32.2. The summed E-state index contributed by atoms with van der Waals surface area (Å²) in [5, 5.41) is 0. The van der Waals surface area contributed by atoms with Gasteiger partial charge in [0, 0.05) is 0 Å². The Morgan fingerprint density at radius 1 is 2.00 bits per heavy atom. The van der Waals surface area contributed by atoms with E-state index in [-0.39, 0.29) is 0 Å². The van der Waals surface area contributed by atoms with E-state index < -0.39 is 0 Å². The second kappa shape index (κ2) is 2.40. The summed E-state index contributed by atoms with van der Waals surface area (Å²) in [7, 11) is 5.06. The van der Waals surface area contributed by atoms with Crippen molar-refractivity contribution in [3.63, 3.8) is 0 Å². The van der Waals surface area contributed by atoms with Gasteiger partial charge in [0.15, 0.2) is 0 Å². The number of hydrogen-bond donors (Lipinski definition) is 0. The lowest BCUT2D eigenvalue weighted by Crippen LogP contribution is -1.60. The Hall–Kier alpha value is 0.155. The molecule has 0 aliphatic carbocycles. The molecule has 0 aliphatic rings. The molecule has 2 heteroatoms. The second-order valence-corrected chi connectivity index (χ2v) is 1.60. The Bertz CT molecular complexity index is 42.2. The highest BCUT2D eigenvalue weighted by molar-refractivity contribution is 8.03. The van der Waals surface area contributed by atoms with Gasteiger partial charge in [-0.25, -0.2) is 0 Å². The quantitative estimate of drug-likeness (QED) is 0.427. The molecule has 0 fully saturated rings. The van der Waals surface area contributed by atoms with Crippen molar-refractivity contribution in [3.05, 3.63) is 11.4 Å². The second-order valence-electron chi connectivity index (χ2n) is 0.670. The lowest BCUT2D eigenvalue weighted by Gasteiger charge is -1.80. The molecule has 0 rings (SSSR count). The summed E-state index contributed by atoms with van der Waals surface area (Å²) in [6.07, 6.45) is 1.89. The van der Waals surface area contributed by atoms with Crippen molar-refractivity contribution < 1.29 is 0 Å². The van der Waals surface area contributed by atoms with Gasteiger partial charge in [0.25, 0.3) is 0 Å². The SMILES string of the molecule is [B]C(=C)SC. The van der Waals surface area contributed by atoms with Gasteiger partial charge in [0.2, 0.25) is 0 Å². The van der Waals surface area contributed by atoms with Gasteiger partial charge in [-0.3, -0.25) is 0 Å². The average Bonchev–Trinajstić information content (AvgIpc) is 1.38. The third-order valence-corrected chi connectivity index (χ3v) is 0.787. The van der Waals surface area contributed by atoms with Gasteiger partial charge in [-0.2, -0.15) is 0 Å². The topological polar surface area (TPSA) is 0 Å². The van der Waals surface area contributed by atoms with E-state index in [1.165, 1.54) is 11.8 Å². The van der Waals surface area contributed by atoms with Gasteiger partial charge in [0.05, 0.1) is 0 Å². The minimum atomic E-state index is 0.671. The summed E-state index contributed by atoms with van der Waals surface area (Å²) in [5.74, 6) is 0. The van der Waals surface area contributed by atoms with E-state index in [1.54, 1.807) is 0 Å². The molecule has 0 heterocycles. The zero-order chi connectivity index (χ0) is 4.28. The molecule has 0 N–H and O–H groups in total. The molecular formula is C3H5BS. The third kappa shape index (κ3) is 4.15. The zero-order valence-corrected chi connectivity index (χ0v) is 4.01. The first-order valence-electron chi connectivity index (χ1n) is 1.25. The first kappa shape index (κ1) is 5.15. The Kier molecular flexibility index (Phi) is 2.47. The molecule has 0 amide bonds. The van der Waals surface area contributed by atoms with E-state index in [1.807, 2.05) is 6.26 Å². The molecule has 0 unspecified atom stereocenters. The lowest BCUT2D eigenvalue weighted by molar-refractivity contribution is 2.38. The molecule has 2 radical (unpaired) electrons. The van der Waals surface area contributed by atoms with Crippen LogP contribution in [0.2, 0.25) is 0 Å². The molecule has 0 aromatic rings. The fourth-order valence-corrected chi connectivity index (χ4v) is 0. The summed E-state index contributed by atoms with van der Waals surface area (Å²) in [6, 6.07) is 0. The van der Waals surface area contributed by atoms with E-state index in [0.717, 1.165) is 0 Å². The third-order valence-electron chi connectivity index (χ3n) is 0.262. The van der Waals surface area contributed by atoms with Crippen LogP contribution in [0.4, 0.5) is 0 Å². The maximum absolute atomic E-state index is 5.06. The van der Waals surface area contributed by atoms with Gasteiger partial charge in [-0.15, -0.1) is 18.3 Å². The smallest absolute Gasteiger partial charge is 0.122 e. The van der Waals surface area contributed by atoms with Crippen LogP contribution in [0.15, 0.2) is 11.4 Å². The van der Waals surface area contributed by atoms with Crippen molar-refractivity contribution in [2.45, 2.75) is 0 Å². The van der Waals surface area contributed by atoms with E-state index >= 15 is 0 Å². The van der Waals surface area contributed by atoms with Crippen molar-refractivity contribution in [2.24, 2.45) is 0 Å². The van der Waals surface area contributed by atoms with Gasteiger partial charge < -0.3 is 0 Å². The van der Waals surface area contributed by atoms with Crippen LogP contribution in [0.5, 0.6) is 0 Å². The first-order chi connectivity index (χ1) is 2.27. The van der Waals surface area contributed by atoms with Crippen LogP contribution in [0.1, 0.15) is 0 Å². The van der Waals surface area contributed by atoms with Gasteiger partial charge in [0.1, 0.15) is 7.85 Å². The van der Waals surface area contributed by atoms with Crippen LogP contribution in [-0.2, 0) is 0 Å². The normalized spacial score (nSPS) is 7.40. The summed E-state index contributed by atoms with van der Waals surface area (Å²) in [4.78, 5) is 0.671. The molecule has 0 atom stereocenters. The molecule has 0 bridgehead atoms. The minimum absolute atomic E-state index is 0.671. The average molecular weight is 84.0 g/mol. The van der Waals surface area contributed by atoms with E-state index in [4.69, 9.17) is 7.85 Å². The molecule has 0 saturated heterocycles. The molecule has 0 nitrogen and oxygen atoms in total. The van der Waals surface area contributed by atoms with Crippen LogP contribution in [-0.4, -0.2) is 14.1 Å². The van der Waals surface area contributed by atoms with Crippen LogP contribution in [0.25, 0.3) is 0 Å². The predicted octanol–water partition coefficient (Wildman–Crippen LogP) is 0.989. The lowest BCUT2D eigenvalue weighted by atomic mass is 10.2. The summed E-state index contributed by atoms with van der Waals surface area (Å²) in [6.45, 7) is 3.41. The highest BCUT2D eigenvalue weighted by Gasteiger charge is 1.67. The zero-order valence-electron chi connectivity index (χ0n) is 3.19. The van der Waals surface area contributed by atoms with Gasteiger partial charge in [-0.05, 0) is 6.26 Å². The van der Waals surface area contributed by atoms with Gasteiger partial charge >= 0.3 is 0 Å². The fourth-order valence-electron chi connectivity index (χ4n) is 0. The van der Waals surface area contributed by atoms with Crippen LogP contribution in [0, 0.1) is 0 Å². The highest BCUT2D eigenvalue weighted by Crippen LogP contribution is 1.99. The molecular weight excluding hydrogens is 78.9 g/mol. The summed E-state index contributed by atoms with van der Waals surface area (Å²) < 4.78 is 0. The van der Waals surface area contributed by atoms with E-state index in [0.29, 0.717) is 4.80 Å². The maximum atomic E-state index is 5.06. The fraction of sp³-hybridized carbons (Fsp3) is 0.333. The van der Waals surface area contributed by atoms with Crippen LogP contribution in [0.3, 0.4) is 0 Å². The summed E-state index contributed by atoms with van der Waals surface area (Å²) >= 11 is 1.46. The van der Waals surface area contributed by atoms with E-state index in [2.05, 4.69) is 6.58 Å². The number of rotatable bonds is 1. The largest absolute Gasteiger partial charge is 0.146 e. The van der Waals surface area contributed by atoms with Crippen LogP contribution < -0.4 is 0 Å². The van der Waals surface area contributed by atoms with Crippen molar-refractivity contribution in [1.82, 2.24) is 0 Å². The Balaban J connectivity index is 2.85. The Labute approximate surface area is 38.1 Å². The van der Waals surface area contributed by atoms with Crippen molar-refractivity contribution in [3.8, 4) is 0 Å². The summed E-state index contributed by atoms with van der Waals surface area (Å²) in [5.41, 5.74) is 0. The first-order valence-corrected chi connectivity index (χ1v) is 2.48. The molecule has 0 aromatic heterocycles. The minimum Gasteiger partial charge on any atom is -0.146 e. The molecule has 0 aromatic carbocycles. The molecule has 5 heavy (non-hydrogen) atoms. The van der Waals surface area contributed by atoms with Crippen molar-refractivity contribution in [2.75, 3.05) is 6.26 Å². The molecule has 0 spiro atoms. The molecule has 0 aliphatic heterocycles. The predicted molar refractivity (Wildman–Crippen MR) is 28.4 cm³/mol. The van der Waals surface area contributed by atoms with Gasteiger partial charge in [-0.1, -0.05) is 4.80 Å². The van der Waals surface area contributed by atoms with Crippen LogP contribution >= 0.6 is 11.8 Å². The van der Waals surface area contributed by atoms with Crippen molar-refractivity contribution in [1.29, 1.82) is 0 Å². The Morgan fingerprint density at radius 2 is 2.20 bits per heavy atom.